The summed E-state index contributed by atoms with van der Waals surface area (Å²) in [5, 5.41) is 8.81. The van der Waals surface area contributed by atoms with E-state index in [0.29, 0.717) is 31.4 Å². The highest BCUT2D eigenvalue weighted by atomic mass is 32.1. The molecule has 0 spiro atoms. The van der Waals surface area contributed by atoms with Gasteiger partial charge >= 0.3 is 0 Å². The van der Waals surface area contributed by atoms with Crippen LogP contribution >= 0.6 is 11.3 Å². The second-order valence-electron chi connectivity index (χ2n) is 15.3. The summed E-state index contributed by atoms with van der Waals surface area (Å²) in [7, 11) is 8.35. The number of amides is 4. The van der Waals surface area contributed by atoms with E-state index in [-0.39, 0.29) is 48.1 Å². The average Bonchev–Trinajstić information content (AvgIpc) is 3.87. The summed E-state index contributed by atoms with van der Waals surface area (Å²) in [6.45, 7) is 13.8. The van der Waals surface area contributed by atoms with Gasteiger partial charge in [-0.15, -0.1) is 11.3 Å². The van der Waals surface area contributed by atoms with E-state index >= 15 is 0 Å². The molecule has 1 saturated heterocycles. The van der Waals surface area contributed by atoms with Crippen LogP contribution in [0.5, 0.6) is 0 Å². The van der Waals surface area contributed by atoms with Gasteiger partial charge in [-0.3, -0.25) is 24.1 Å². The maximum absolute atomic E-state index is 14.3. The molecule has 2 heterocycles. The fraction of sp³-hybridized carbons (Fsp3) is 0.634. The van der Waals surface area contributed by atoms with E-state index in [9.17, 15) is 19.2 Å². The van der Waals surface area contributed by atoms with Crippen molar-refractivity contribution >= 4 is 35.0 Å². The highest BCUT2D eigenvalue weighted by Crippen LogP contribution is 2.30. The molecular formula is C41H65N7O6S. The normalized spacial score (nSPS) is 19.3. The smallest absolute Gasteiger partial charge is 0.246 e. The molecule has 0 aliphatic carbocycles. The minimum absolute atomic E-state index is 0.00734. The van der Waals surface area contributed by atoms with Gasteiger partial charge in [0.1, 0.15) is 17.1 Å². The molecule has 10 atom stereocenters. The zero-order valence-corrected chi connectivity index (χ0v) is 35.3. The molecule has 0 radical (unpaired) electrons. The molecule has 306 valence electrons. The van der Waals surface area contributed by atoms with Gasteiger partial charge < -0.3 is 35.6 Å². The van der Waals surface area contributed by atoms with Crippen molar-refractivity contribution in [3.63, 3.8) is 0 Å². The lowest BCUT2D eigenvalue weighted by Gasteiger charge is -2.41. The van der Waals surface area contributed by atoms with E-state index in [4.69, 9.17) is 15.2 Å². The number of benzene rings is 1. The van der Waals surface area contributed by atoms with Crippen molar-refractivity contribution in [1.29, 1.82) is 0 Å². The lowest BCUT2D eigenvalue weighted by atomic mass is 9.89. The van der Waals surface area contributed by atoms with Crippen LogP contribution in [-0.4, -0.2) is 128 Å². The van der Waals surface area contributed by atoms with Crippen LogP contribution in [0, 0.1) is 11.8 Å². The van der Waals surface area contributed by atoms with Crippen molar-refractivity contribution in [1.82, 2.24) is 30.3 Å². The van der Waals surface area contributed by atoms with Gasteiger partial charge in [0, 0.05) is 45.4 Å². The molecule has 0 unspecified atom stereocenters. The van der Waals surface area contributed by atoms with E-state index in [2.05, 4.69) is 22.2 Å². The molecule has 0 saturated carbocycles. The highest BCUT2D eigenvalue weighted by Gasteiger charge is 2.43. The summed E-state index contributed by atoms with van der Waals surface area (Å²) in [5.74, 6) is -1.69. The van der Waals surface area contributed by atoms with Crippen molar-refractivity contribution in [2.45, 2.75) is 115 Å². The van der Waals surface area contributed by atoms with Crippen molar-refractivity contribution in [3.05, 3.63) is 64.6 Å². The summed E-state index contributed by atoms with van der Waals surface area (Å²) in [5.41, 5.74) is 8.03. The number of methoxy groups -OCH3 is 2. The number of aromatic nitrogens is 1. The molecule has 1 aromatic carbocycles. The van der Waals surface area contributed by atoms with Gasteiger partial charge in [0.05, 0.1) is 42.7 Å². The molecule has 4 N–H and O–H groups in total. The Balaban J connectivity index is 1.79. The summed E-state index contributed by atoms with van der Waals surface area (Å²) in [6.07, 6.45) is 3.27. The first-order valence-corrected chi connectivity index (χ1v) is 20.2. The van der Waals surface area contributed by atoms with Crippen LogP contribution in [0.2, 0.25) is 0 Å². The number of nitrogens with two attached hydrogens (primary N) is 1. The number of hydrogen-bond acceptors (Lipinski definition) is 10. The van der Waals surface area contributed by atoms with Crippen LogP contribution in [0.1, 0.15) is 76.9 Å². The lowest BCUT2D eigenvalue weighted by Crippen LogP contribution is -2.62. The first-order chi connectivity index (χ1) is 26.1. The van der Waals surface area contributed by atoms with E-state index in [1.165, 1.54) is 11.3 Å². The van der Waals surface area contributed by atoms with Gasteiger partial charge in [-0.2, -0.15) is 0 Å². The van der Waals surface area contributed by atoms with Crippen LogP contribution in [0.4, 0.5) is 0 Å². The highest BCUT2D eigenvalue weighted by molar-refractivity contribution is 7.09. The van der Waals surface area contributed by atoms with E-state index in [1.54, 1.807) is 65.2 Å². The molecule has 14 heteroatoms. The summed E-state index contributed by atoms with van der Waals surface area (Å²) >= 11 is 1.50. The Morgan fingerprint density at radius 2 is 1.73 bits per heavy atom. The Labute approximate surface area is 332 Å². The first-order valence-electron chi connectivity index (χ1n) is 19.3. The van der Waals surface area contributed by atoms with Crippen molar-refractivity contribution < 1.29 is 28.7 Å². The third-order valence-electron chi connectivity index (χ3n) is 10.9. The Hall–Kier alpha value is -3.69. The minimum atomic E-state index is -1.01. The molecule has 2 aromatic rings. The largest absolute Gasteiger partial charge is 0.379 e. The van der Waals surface area contributed by atoms with Crippen LogP contribution in [0.15, 0.2) is 54.1 Å². The molecular weight excluding hydrogens is 719 g/mol. The maximum atomic E-state index is 14.3. The molecule has 3 rings (SSSR count). The number of rotatable bonds is 21. The second kappa shape index (κ2) is 21.6. The standard InChI is InChI=1S/C41H65N7O6S/c1-12-26(4)36(47(9)41(52)34(28(6)42)45-39(51)35(25(2)3)46(7)8)32(53-10)24-33(49)48-21-16-19-31(48)37(54-11)27(5)38(50)44-30(40-43-20-22-55-40)23-29-17-14-13-15-18-29/h13-15,17-18,20,22,26-28,30-32,34-37H,2,12,16,19,21,23-24,42H2,1,3-11H3,(H,44,50)(H,45,51)/t26-,27+,28-,30-,31-,32+,34-,35-,36-,37+/m0/s1. The number of carbonyl (C=O) groups is 4. The van der Waals surface area contributed by atoms with Crippen molar-refractivity contribution in [2.75, 3.05) is 41.9 Å². The molecule has 13 nitrogen and oxygen atoms in total. The molecule has 1 aliphatic rings. The van der Waals surface area contributed by atoms with E-state index < -0.39 is 42.3 Å². The van der Waals surface area contributed by atoms with Gasteiger partial charge in [-0.05, 0) is 58.7 Å². The zero-order chi connectivity index (χ0) is 41.0. The first kappa shape index (κ1) is 45.7. The topological polar surface area (TPSA) is 159 Å². The Bertz CT molecular complexity index is 1540. The van der Waals surface area contributed by atoms with Crippen LogP contribution in [-0.2, 0) is 35.1 Å². The van der Waals surface area contributed by atoms with Crippen LogP contribution in [0.3, 0.4) is 0 Å². The third kappa shape index (κ3) is 11.9. The van der Waals surface area contributed by atoms with Gasteiger partial charge in [0.25, 0.3) is 0 Å². The zero-order valence-electron chi connectivity index (χ0n) is 34.5. The number of thiazole rings is 1. The average molecular weight is 784 g/mol. The Morgan fingerprint density at radius 3 is 2.25 bits per heavy atom. The quantitative estimate of drug-likeness (QED) is 0.160. The van der Waals surface area contributed by atoms with E-state index in [1.807, 2.05) is 61.4 Å². The van der Waals surface area contributed by atoms with Gasteiger partial charge in [0.2, 0.25) is 23.6 Å². The van der Waals surface area contributed by atoms with Gasteiger partial charge in [-0.1, -0.05) is 69.7 Å². The molecule has 1 aliphatic heterocycles. The van der Waals surface area contributed by atoms with E-state index in [0.717, 1.165) is 17.0 Å². The number of hydrogen-bond donors (Lipinski definition) is 3. The van der Waals surface area contributed by atoms with Crippen LogP contribution in [0.25, 0.3) is 0 Å². The number of likely N-dealkylation sites (N-methyl/N-ethyl adjacent to an activating group) is 2. The number of nitrogens with one attached hydrogen (secondary N) is 2. The van der Waals surface area contributed by atoms with Crippen LogP contribution < -0.4 is 16.4 Å². The predicted molar refractivity (Wildman–Crippen MR) is 217 cm³/mol. The predicted octanol–water partition coefficient (Wildman–Crippen LogP) is 3.80. The monoisotopic (exact) mass is 783 g/mol. The number of nitrogens with zero attached hydrogens (tertiary/aromatic N) is 4. The SMILES string of the molecule is C=C(C)[C@@H](C(=O)N[C@H](C(=O)N(C)[C@@H]([C@@H](C)CC)[C@@H](CC(=O)N1CCC[C@H]1[C@H](OC)[C@@H](C)C(=O)N[C@@H](Cc1ccccc1)c1nccs1)OC)[C@H](C)N)N(C)C. The van der Waals surface area contributed by atoms with Gasteiger partial charge in [-0.25, -0.2) is 4.98 Å². The van der Waals surface area contributed by atoms with Crippen molar-refractivity contribution in [2.24, 2.45) is 17.6 Å². The minimum Gasteiger partial charge on any atom is -0.379 e. The van der Waals surface area contributed by atoms with Crippen molar-refractivity contribution in [3.8, 4) is 0 Å². The number of ether oxygens (including phenoxy) is 2. The maximum Gasteiger partial charge on any atom is 0.246 e. The van der Waals surface area contributed by atoms with Gasteiger partial charge in [0.15, 0.2) is 0 Å². The third-order valence-corrected chi connectivity index (χ3v) is 11.8. The Kier molecular flexibility index (Phi) is 17.9. The molecule has 55 heavy (non-hydrogen) atoms. The number of carbonyl (C=O) groups excluding carboxylic acids is 4. The molecule has 0 bridgehead atoms. The molecule has 1 fully saturated rings. The summed E-state index contributed by atoms with van der Waals surface area (Å²) in [4.78, 5) is 65.3. The number of likely N-dealkylation sites (tertiary alicyclic amines) is 1. The second-order valence-corrected chi connectivity index (χ2v) is 16.2. The molecule has 1 aromatic heterocycles. The fourth-order valence-corrected chi connectivity index (χ4v) is 8.52. The summed E-state index contributed by atoms with van der Waals surface area (Å²) < 4.78 is 12.0. The Morgan fingerprint density at radius 1 is 1.05 bits per heavy atom. The fourth-order valence-electron chi connectivity index (χ4n) is 7.83. The summed E-state index contributed by atoms with van der Waals surface area (Å²) in [6, 6.07) is 6.47. The molecule has 4 amide bonds. The lowest BCUT2D eigenvalue weighted by molar-refractivity contribution is -0.147.